The molecule has 3 rings (SSSR count). The number of carbonyl (C=O) groups is 1. The number of carbonyl (C=O) groups excluding carboxylic acids is 1. The highest BCUT2D eigenvalue weighted by atomic mass is 16.2. The van der Waals surface area contributed by atoms with E-state index < -0.39 is 0 Å². The minimum atomic E-state index is -0.178. The first-order chi connectivity index (χ1) is 9.24. The molecule has 1 fully saturated rings. The van der Waals surface area contributed by atoms with Crippen molar-refractivity contribution < 1.29 is 4.79 Å². The van der Waals surface area contributed by atoms with Crippen LogP contribution in [0.3, 0.4) is 0 Å². The Bertz CT molecular complexity index is 588. The zero-order valence-corrected chi connectivity index (χ0v) is 10.9. The third-order valence-corrected chi connectivity index (χ3v) is 3.45. The molecule has 0 radical (unpaired) electrons. The summed E-state index contributed by atoms with van der Waals surface area (Å²) < 4.78 is 0. The molecule has 5 heteroatoms. The summed E-state index contributed by atoms with van der Waals surface area (Å²) in [5.41, 5.74) is 2.02. The van der Waals surface area contributed by atoms with Gasteiger partial charge in [0, 0.05) is 30.4 Å². The van der Waals surface area contributed by atoms with E-state index in [0.717, 1.165) is 29.4 Å². The van der Waals surface area contributed by atoms with Gasteiger partial charge in [-0.1, -0.05) is 0 Å². The lowest BCUT2D eigenvalue weighted by molar-refractivity contribution is -0.122. The minimum absolute atomic E-state index is 0.0838. The van der Waals surface area contributed by atoms with Gasteiger partial charge in [-0.25, -0.2) is 4.98 Å². The van der Waals surface area contributed by atoms with Crippen molar-refractivity contribution in [2.45, 2.75) is 38.4 Å². The fourth-order valence-electron chi connectivity index (χ4n) is 2.07. The molecule has 1 aliphatic carbocycles. The zero-order valence-electron chi connectivity index (χ0n) is 10.9. The standard InChI is InChI=1S/C14H18N4O/c1-9(14(19)18-11-4-5-11)16-7-10-8-17-13-12(10)3-2-6-15-13/h2-3,6,8-9,11,16H,4-5,7H2,1H3,(H,15,17)(H,18,19). The largest absolute Gasteiger partial charge is 0.352 e. The van der Waals surface area contributed by atoms with E-state index in [1.807, 2.05) is 25.3 Å². The molecule has 0 aromatic carbocycles. The van der Waals surface area contributed by atoms with Gasteiger partial charge in [0.25, 0.3) is 0 Å². The number of amides is 1. The van der Waals surface area contributed by atoms with Gasteiger partial charge < -0.3 is 15.6 Å². The maximum atomic E-state index is 11.8. The molecule has 19 heavy (non-hydrogen) atoms. The molecule has 1 aliphatic rings. The number of pyridine rings is 1. The second-order valence-electron chi connectivity index (χ2n) is 5.10. The van der Waals surface area contributed by atoms with E-state index in [1.54, 1.807) is 6.20 Å². The predicted octanol–water partition coefficient (Wildman–Crippen LogP) is 1.32. The van der Waals surface area contributed by atoms with Crippen LogP contribution in [0.5, 0.6) is 0 Å². The lowest BCUT2D eigenvalue weighted by Gasteiger charge is -2.13. The molecule has 3 N–H and O–H groups in total. The van der Waals surface area contributed by atoms with Gasteiger partial charge in [0.05, 0.1) is 6.04 Å². The fraction of sp³-hybridized carbons (Fsp3) is 0.429. The third-order valence-electron chi connectivity index (χ3n) is 3.45. The molecule has 1 atom stereocenters. The summed E-state index contributed by atoms with van der Waals surface area (Å²) >= 11 is 0. The quantitative estimate of drug-likeness (QED) is 0.757. The van der Waals surface area contributed by atoms with Gasteiger partial charge in [0.15, 0.2) is 0 Å². The van der Waals surface area contributed by atoms with Crippen LogP contribution in [0.2, 0.25) is 0 Å². The monoisotopic (exact) mass is 258 g/mol. The third kappa shape index (κ3) is 2.76. The van der Waals surface area contributed by atoms with Crippen molar-refractivity contribution in [2.24, 2.45) is 0 Å². The SMILES string of the molecule is CC(NCc1c[nH]c2ncccc12)C(=O)NC1CC1. The van der Waals surface area contributed by atoms with Crippen molar-refractivity contribution in [3.63, 3.8) is 0 Å². The number of aromatic amines is 1. The molecule has 1 unspecified atom stereocenters. The van der Waals surface area contributed by atoms with Crippen molar-refractivity contribution in [1.29, 1.82) is 0 Å². The molecular weight excluding hydrogens is 240 g/mol. The second-order valence-corrected chi connectivity index (χ2v) is 5.10. The number of rotatable bonds is 5. The smallest absolute Gasteiger partial charge is 0.237 e. The van der Waals surface area contributed by atoms with Gasteiger partial charge in [-0.15, -0.1) is 0 Å². The number of nitrogens with zero attached hydrogens (tertiary/aromatic N) is 1. The number of fused-ring (bicyclic) bond motifs is 1. The van der Waals surface area contributed by atoms with E-state index in [-0.39, 0.29) is 11.9 Å². The van der Waals surface area contributed by atoms with Crippen molar-refractivity contribution in [1.82, 2.24) is 20.6 Å². The normalized spacial score (nSPS) is 16.5. The lowest BCUT2D eigenvalue weighted by atomic mass is 10.2. The van der Waals surface area contributed by atoms with E-state index in [0.29, 0.717) is 12.6 Å². The van der Waals surface area contributed by atoms with Crippen molar-refractivity contribution >= 4 is 16.9 Å². The van der Waals surface area contributed by atoms with Gasteiger partial charge in [0.1, 0.15) is 5.65 Å². The summed E-state index contributed by atoms with van der Waals surface area (Å²) in [4.78, 5) is 19.2. The van der Waals surface area contributed by atoms with Crippen LogP contribution in [-0.2, 0) is 11.3 Å². The van der Waals surface area contributed by atoms with Crippen LogP contribution in [0.4, 0.5) is 0 Å². The van der Waals surface area contributed by atoms with Crippen LogP contribution in [0, 0.1) is 0 Å². The molecular formula is C14H18N4O. The molecule has 2 heterocycles. The van der Waals surface area contributed by atoms with Gasteiger partial charge >= 0.3 is 0 Å². The van der Waals surface area contributed by atoms with Crippen LogP contribution in [0.15, 0.2) is 24.5 Å². The van der Waals surface area contributed by atoms with E-state index in [9.17, 15) is 4.79 Å². The first kappa shape index (κ1) is 12.2. The Morgan fingerprint density at radius 1 is 1.58 bits per heavy atom. The summed E-state index contributed by atoms with van der Waals surface area (Å²) in [7, 11) is 0. The molecule has 0 saturated heterocycles. The average molecular weight is 258 g/mol. The zero-order chi connectivity index (χ0) is 13.2. The van der Waals surface area contributed by atoms with Gasteiger partial charge in [0.2, 0.25) is 5.91 Å². The highest BCUT2D eigenvalue weighted by molar-refractivity contribution is 5.82. The minimum Gasteiger partial charge on any atom is -0.352 e. The number of hydrogen-bond acceptors (Lipinski definition) is 3. The first-order valence-electron chi connectivity index (χ1n) is 6.69. The maximum absolute atomic E-state index is 11.8. The summed E-state index contributed by atoms with van der Waals surface area (Å²) in [6.45, 7) is 2.55. The van der Waals surface area contributed by atoms with Crippen molar-refractivity contribution in [2.75, 3.05) is 0 Å². The van der Waals surface area contributed by atoms with Crippen LogP contribution < -0.4 is 10.6 Å². The topological polar surface area (TPSA) is 69.8 Å². The molecule has 2 aromatic heterocycles. The Morgan fingerprint density at radius 3 is 3.21 bits per heavy atom. The summed E-state index contributed by atoms with van der Waals surface area (Å²) in [5, 5.41) is 7.35. The van der Waals surface area contributed by atoms with E-state index in [2.05, 4.69) is 20.6 Å². The van der Waals surface area contributed by atoms with Crippen LogP contribution in [0.1, 0.15) is 25.3 Å². The lowest BCUT2D eigenvalue weighted by Crippen LogP contribution is -2.42. The van der Waals surface area contributed by atoms with E-state index >= 15 is 0 Å². The highest BCUT2D eigenvalue weighted by Crippen LogP contribution is 2.19. The van der Waals surface area contributed by atoms with Gasteiger partial charge in [-0.3, -0.25) is 4.79 Å². The molecule has 100 valence electrons. The van der Waals surface area contributed by atoms with Crippen molar-refractivity contribution in [3.05, 3.63) is 30.1 Å². The molecule has 5 nitrogen and oxygen atoms in total. The number of aromatic nitrogens is 2. The van der Waals surface area contributed by atoms with Gasteiger partial charge in [-0.05, 0) is 37.5 Å². The Labute approximate surface area is 111 Å². The van der Waals surface area contributed by atoms with Crippen LogP contribution in [-0.4, -0.2) is 28.0 Å². The molecule has 1 amide bonds. The van der Waals surface area contributed by atoms with E-state index in [1.165, 1.54) is 0 Å². The van der Waals surface area contributed by atoms with E-state index in [4.69, 9.17) is 0 Å². The summed E-state index contributed by atoms with van der Waals surface area (Å²) in [6.07, 6.45) is 5.94. The highest BCUT2D eigenvalue weighted by Gasteiger charge is 2.25. The Balaban J connectivity index is 1.60. The Kier molecular flexibility index (Phi) is 3.21. The Morgan fingerprint density at radius 2 is 2.42 bits per heavy atom. The average Bonchev–Trinajstić information content (AvgIpc) is 3.14. The second kappa shape index (κ2) is 5.01. The van der Waals surface area contributed by atoms with Gasteiger partial charge in [-0.2, -0.15) is 0 Å². The number of H-pyrrole nitrogens is 1. The van der Waals surface area contributed by atoms with Crippen LogP contribution >= 0.6 is 0 Å². The molecule has 2 aromatic rings. The predicted molar refractivity (Wildman–Crippen MR) is 73.6 cm³/mol. The number of nitrogens with one attached hydrogen (secondary N) is 3. The fourth-order valence-corrected chi connectivity index (χ4v) is 2.07. The maximum Gasteiger partial charge on any atom is 0.237 e. The van der Waals surface area contributed by atoms with Crippen LogP contribution in [0.25, 0.3) is 11.0 Å². The molecule has 0 bridgehead atoms. The summed E-state index contributed by atoms with van der Waals surface area (Å²) in [5.74, 6) is 0.0838. The molecule has 0 aliphatic heterocycles. The first-order valence-corrected chi connectivity index (χ1v) is 6.69. The molecule has 0 spiro atoms. The van der Waals surface area contributed by atoms with Crippen molar-refractivity contribution in [3.8, 4) is 0 Å². The summed E-state index contributed by atoms with van der Waals surface area (Å²) in [6, 6.07) is 4.18. The Hall–Kier alpha value is -1.88. The molecule has 1 saturated carbocycles. The number of hydrogen-bond donors (Lipinski definition) is 3.